The molecular formula is C19H18N2O5S. The first-order chi connectivity index (χ1) is 12.9. The van der Waals surface area contributed by atoms with E-state index < -0.39 is 10.9 Å². The van der Waals surface area contributed by atoms with Crippen molar-refractivity contribution in [3.05, 3.63) is 63.7 Å². The number of non-ortho nitro benzene ring substituents is 1. The van der Waals surface area contributed by atoms with Crippen LogP contribution < -0.4 is 4.90 Å². The van der Waals surface area contributed by atoms with E-state index in [1.165, 1.54) is 19.2 Å². The van der Waals surface area contributed by atoms with Crippen molar-refractivity contribution in [2.45, 2.75) is 23.5 Å². The fourth-order valence-corrected chi connectivity index (χ4v) is 4.04. The Kier molecular flexibility index (Phi) is 5.46. The molecule has 2 aromatic rings. The molecule has 0 N–H and O–H groups in total. The molecule has 27 heavy (non-hydrogen) atoms. The minimum absolute atomic E-state index is 0.0269. The first-order valence-corrected chi connectivity index (χ1v) is 9.24. The van der Waals surface area contributed by atoms with Crippen molar-refractivity contribution >= 4 is 35.0 Å². The SMILES string of the molecule is COC(=O)c1cc(C(=O)N2CC[C@@H](C)Sc3ccccc32)cc([N+](=O)[O-])c1. The number of benzene rings is 2. The Balaban J connectivity index is 2.06. The maximum absolute atomic E-state index is 13.2. The van der Waals surface area contributed by atoms with Gasteiger partial charge in [-0.2, -0.15) is 0 Å². The number of nitro groups is 1. The molecule has 140 valence electrons. The Morgan fingerprint density at radius 1 is 1.22 bits per heavy atom. The van der Waals surface area contributed by atoms with Crippen molar-refractivity contribution in [1.29, 1.82) is 0 Å². The van der Waals surface area contributed by atoms with Crippen LogP contribution in [0, 0.1) is 10.1 Å². The number of fused-ring (bicyclic) bond motifs is 1. The largest absolute Gasteiger partial charge is 0.465 e. The van der Waals surface area contributed by atoms with Crippen LogP contribution in [-0.4, -0.2) is 35.7 Å². The number of esters is 1. The topological polar surface area (TPSA) is 89.8 Å². The molecule has 1 amide bonds. The highest BCUT2D eigenvalue weighted by molar-refractivity contribution is 8.00. The molecule has 0 saturated carbocycles. The molecule has 0 aromatic heterocycles. The molecule has 0 fully saturated rings. The van der Waals surface area contributed by atoms with E-state index >= 15 is 0 Å². The number of methoxy groups -OCH3 is 1. The minimum Gasteiger partial charge on any atom is -0.465 e. The normalized spacial score (nSPS) is 16.2. The first-order valence-electron chi connectivity index (χ1n) is 8.36. The van der Waals surface area contributed by atoms with Gasteiger partial charge in [0.15, 0.2) is 0 Å². The molecule has 3 rings (SSSR count). The summed E-state index contributed by atoms with van der Waals surface area (Å²) in [4.78, 5) is 38.3. The Labute approximate surface area is 160 Å². The van der Waals surface area contributed by atoms with Gasteiger partial charge in [-0.05, 0) is 24.6 Å². The van der Waals surface area contributed by atoms with Crippen LogP contribution >= 0.6 is 11.8 Å². The van der Waals surface area contributed by atoms with E-state index in [0.717, 1.165) is 23.1 Å². The van der Waals surface area contributed by atoms with Gasteiger partial charge in [0.05, 0.1) is 23.3 Å². The standard InChI is InChI=1S/C19H18N2O5S/c1-12-7-8-20(16-5-3-4-6-17(16)27-12)18(22)13-9-14(19(23)26-2)11-15(10-13)21(24)25/h3-6,9-12H,7-8H2,1-2H3/t12-/m1/s1. The van der Waals surface area contributed by atoms with E-state index in [4.69, 9.17) is 0 Å². The number of amides is 1. The highest BCUT2D eigenvalue weighted by Gasteiger charge is 2.27. The Hall–Kier alpha value is -2.87. The van der Waals surface area contributed by atoms with E-state index in [2.05, 4.69) is 11.7 Å². The lowest BCUT2D eigenvalue weighted by molar-refractivity contribution is -0.384. The second-order valence-corrected chi connectivity index (χ2v) is 7.64. The molecule has 0 spiro atoms. The number of carbonyl (C=O) groups is 2. The van der Waals surface area contributed by atoms with Crippen LogP contribution in [0.5, 0.6) is 0 Å². The lowest BCUT2D eigenvalue weighted by Crippen LogP contribution is -2.32. The summed E-state index contributed by atoms with van der Waals surface area (Å²) >= 11 is 1.69. The van der Waals surface area contributed by atoms with Gasteiger partial charge in [-0.25, -0.2) is 4.79 Å². The third kappa shape index (κ3) is 3.95. The smallest absolute Gasteiger partial charge is 0.338 e. The zero-order chi connectivity index (χ0) is 19.6. The van der Waals surface area contributed by atoms with Crippen LogP contribution in [0.1, 0.15) is 34.1 Å². The van der Waals surface area contributed by atoms with Gasteiger partial charge >= 0.3 is 5.97 Å². The molecule has 1 heterocycles. The maximum Gasteiger partial charge on any atom is 0.338 e. The summed E-state index contributed by atoms with van der Waals surface area (Å²) in [6.45, 7) is 2.58. The van der Waals surface area contributed by atoms with E-state index in [9.17, 15) is 19.7 Å². The maximum atomic E-state index is 13.2. The Morgan fingerprint density at radius 2 is 1.93 bits per heavy atom. The molecule has 1 atom stereocenters. The number of nitro benzene ring substituents is 1. The summed E-state index contributed by atoms with van der Waals surface area (Å²) in [6.07, 6.45) is 0.782. The molecule has 0 unspecified atom stereocenters. The lowest BCUT2D eigenvalue weighted by Gasteiger charge is -2.22. The van der Waals surface area contributed by atoms with Crippen molar-refractivity contribution < 1.29 is 19.2 Å². The molecule has 8 heteroatoms. The summed E-state index contributed by atoms with van der Waals surface area (Å²) in [7, 11) is 1.19. The number of hydrogen-bond acceptors (Lipinski definition) is 6. The monoisotopic (exact) mass is 386 g/mol. The van der Waals surface area contributed by atoms with Gasteiger partial charge < -0.3 is 9.64 Å². The summed E-state index contributed by atoms with van der Waals surface area (Å²) in [5, 5.41) is 11.6. The number of para-hydroxylation sites is 1. The zero-order valence-corrected chi connectivity index (χ0v) is 15.7. The summed E-state index contributed by atoms with van der Waals surface area (Å²) in [5.41, 5.74) is 0.495. The second kappa shape index (κ2) is 7.79. The number of carbonyl (C=O) groups excluding carboxylic acids is 2. The van der Waals surface area contributed by atoms with Gasteiger partial charge in [-0.15, -0.1) is 11.8 Å². The second-order valence-electron chi connectivity index (χ2n) is 6.16. The third-order valence-corrected chi connectivity index (χ3v) is 5.52. The highest BCUT2D eigenvalue weighted by Crippen LogP contribution is 2.38. The zero-order valence-electron chi connectivity index (χ0n) is 14.9. The third-order valence-electron chi connectivity index (χ3n) is 4.29. The van der Waals surface area contributed by atoms with Gasteiger partial charge in [0.25, 0.3) is 11.6 Å². The van der Waals surface area contributed by atoms with Gasteiger partial charge in [0.1, 0.15) is 0 Å². The van der Waals surface area contributed by atoms with Crippen molar-refractivity contribution in [3.8, 4) is 0 Å². The highest BCUT2D eigenvalue weighted by atomic mass is 32.2. The van der Waals surface area contributed by atoms with Crippen molar-refractivity contribution in [2.75, 3.05) is 18.6 Å². The number of anilines is 1. The van der Waals surface area contributed by atoms with Crippen LogP contribution in [0.4, 0.5) is 11.4 Å². The van der Waals surface area contributed by atoms with E-state index in [1.807, 2.05) is 24.3 Å². The number of nitrogens with zero attached hydrogens (tertiary/aromatic N) is 2. The minimum atomic E-state index is -0.729. The molecule has 2 aromatic carbocycles. The van der Waals surface area contributed by atoms with Gasteiger partial charge in [0.2, 0.25) is 0 Å². The Bertz CT molecular complexity index is 915. The van der Waals surface area contributed by atoms with Crippen molar-refractivity contribution in [2.24, 2.45) is 0 Å². The number of hydrogen-bond donors (Lipinski definition) is 0. The average molecular weight is 386 g/mol. The quantitative estimate of drug-likeness (QED) is 0.451. The lowest BCUT2D eigenvalue weighted by atomic mass is 10.1. The van der Waals surface area contributed by atoms with Crippen LogP contribution in [0.2, 0.25) is 0 Å². The molecule has 1 aliphatic heterocycles. The fourth-order valence-electron chi connectivity index (χ4n) is 2.93. The number of ether oxygens (including phenoxy) is 1. The molecule has 0 bridgehead atoms. The van der Waals surface area contributed by atoms with Gasteiger partial charge in [-0.3, -0.25) is 14.9 Å². The van der Waals surface area contributed by atoms with E-state index in [1.54, 1.807) is 16.7 Å². The van der Waals surface area contributed by atoms with Crippen LogP contribution in [0.3, 0.4) is 0 Å². The summed E-state index contributed by atoms with van der Waals surface area (Å²) in [6, 6.07) is 11.2. The first kappa shape index (κ1) is 18.9. The summed E-state index contributed by atoms with van der Waals surface area (Å²) in [5.74, 6) is -1.11. The summed E-state index contributed by atoms with van der Waals surface area (Å²) < 4.78 is 4.65. The van der Waals surface area contributed by atoms with Gasteiger partial charge in [-0.1, -0.05) is 19.1 Å². The molecule has 1 aliphatic rings. The molecule has 0 saturated heterocycles. The van der Waals surface area contributed by atoms with E-state index in [-0.39, 0.29) is 22.7 Å². The van der Waals surface area contributed by atoms with Crippen LogP contribution in [0.15, 0.2) is 47.4 Å². The molecule has 0 aliphatic carbocycles. The van der Waals surface area contributed by atoms with Crippen molar-refractivity contribution in [1.82, 2.24) is 0 Å². The fraction of sp³-hybridized carbons (Fsp3) is 0.263. The number of rotatable bonds is 3. The molecular weight excluding hydrogens is 368 g/mol. The van der Waals surface area contributed by atoms with E-state index in [0.29, 0.717) is 11.8 Å². The number of thioether (sulfide) groups is 1. The van der Waals surface area contributed by atoms with Crippen LogP contribution in [-0.2, 0) is 4.74 Å². The predicted octanol–water partition coefficient (Wildman–Crippen LogP) is 3.91. The molecule has 0 radical (unpaired) electrons. The van der Waals surface area contributed by atoms with Crippen molar-refractivity contribution in [3.63, 3.8) is 0 Å². The molecule has 7 nitrogen and oxygen atoms in total. The predicted molar refractivity (Wildman–Crippen MR) is 102 cm³/mol. The van der Waals surface area contributed by atoms with Gasteiger partial charge in [0, 0.05) is 34.4 Å². The van der Waals surface area contributed by atoms with Crippen LogP contribution in [0.25, 0.3) is 0 Å². The average Bonchev–Trinajstić information content (AvgIpc) is 2.84. The Morgan fingerprint density at radius 3 is 2.63 bits per heavy atom.